The molecule has 0 saturated heterocycles. The summed E-state index contributed by atoms with van der Waals surface area (Å²) >= 11 is 0. The number of nitrogens with zero attached hydrogens (tertiary/aromatic N) is 1. The average Bonchev–Trinajstić information content (AvgIpc) is 3.01. The van der Waals surface area contributed by atoms with Crippen LogP contribution in [0.5, 0.6) is 0 Å². The van der Waals surface area contributed by atoms with Gasteiger partial charge in [-0.05, 0) is 43.4 Å². The van der Waals surface area contributed by atoms with Crippen molar-refractivity contribution >= 4 is 0 Å². The molecule has 0 bridgehead atoms. The Bertz CT molecular complexity index is 284. The van der Waals surface area contributed by atoms with Gasteiger partial charge < -0.3 is 0 Å². The third kappa shape index (κ3) is 2.25. The van der Waals surface area contributed by atoms with E-state index in [4.69, 9.17) is 0 Å². The number of hydrogen-bond acceptors (Lipinski definition) is 2. The van der Waals surface area contributed by atoms with E-state index in [0.29, 0.717) is 23.8 Å². The molecule has 1 N–H and O–H groups in total. The molecule has 0 aromatic heterocycles. The Morgan fingerprint density at radius 2 is 1.94 bits per heavy atom. The molecular weight excluding hydrogens is 196 g/mol. The molecule has 2 aliphatic carbocycles. The Kier molecular flexibility index (Phi) is 3.26. The fourth-order valence-electron chi connectivity index (χ4n) is 3.33. The number of nitriles is 1. The van der Waals surface area contributed by atoms with Crippen LogP contribution in [-0.2, 0) is 0 Å². The molecule has 0 radical (unpaired) electrons. The standard InChI is InChI=1S/C14H24N2/c1-10(2)13-7-4-11(3)8-14(13,9-15)16-12-5-6-12/h10-13,16H,4-8H2,1-3H3. The van der Waals surface area contributed by atoms with Crippen molar-refractivity contribution in [2.24, 2.45) is 17.8 Å². The van der Waals surface area contributed by atoms with E-state index in [-0.39, 0.29) is 5.54 Å². The number of hydrogen-bond donors (Lipinski definition) is 1. The second kappa shape index (κ2) is 4.37. The van der Waals surface area contributed by atoms with Crippen molar-refractivity contribution in [1.82, 2.24) is 5.32 Å². The van der Waals surface area contributed by atoms with E-state index >= 15 is 0 Å². The Balaban J connectivity index is 2.17. The molecule has 0 heterocycles. The maximum atomic E-state index is 9.64. The molecule has 90 valence electrons. The van der Waals surface area contributed by atoms with E-state index in [9.17, 15) is 5.26 Å². The van der Waals surface area contributed by atoms with E-state index < -0.39 is 0 Å². The summed E-state index contributed by atoms with van der Waals surface area (Å²) in [6.07, 6.45) is 6.08. The topological polar surface area (TPSA) is 35.8 Å². The van der Waals surface area contributed by atoms with Crippen molar-refractivity contribution in [3.63, 3.8) is 0 Å². The summed E-state index contributed by atoms with van der Waals surface area (Å²) in [5, 5.41) is 13.3. The lowest BCUT2D eigenvalue weighted by molar-refractivity contribution is 0.117. The molecule has 0 aromatic carbocycles. The van der Waals surface area contributed by atoms with Crippen molar-refractivity contribution in [2.75, 3.05) is 0 Å². The summed E-state index contributed by atoms with van der Waals surface area (Å²) in [6, 6.07) is 3.27. The van der Waals surface area contributed by atoms with Gasteiger partial charge >= 0.3 is 0 Å². The fourth-order valence-corrected chi connectivity index (χ4v) is 3.33. The highest BCUT2D eigenvalue weighted by molar-refractivity contribution is 5.16. The van der Waals surface area contributed by atoms with Crippen LogP contribution >= 0.6 is 0 Å². The quantitative estimate of drug-likeness (QED) is 0.793. The van der Waals surface area contributed by atoms with E-state index in [0.717, 1.165) is 6.42 Å². The SMILES string of the molecule is CC1CCC(C(C)C)C(C#N)(NC2CC2)C1. The average molecular weight is 220 g/mol. The highest BCUT2D eigenvalue weighted by Gasteiger charge is 2.47. The molecule has 2 rings (SSSR count). The predicted molar refractivity (Wildman–Crippen MR) is 65.8 cm³/mol. The summed E-state index contributed by atoms with van der Waals surface area (Å²) in [5.74, 6) is 1.84. The van der Waals surface area contributed by atoms with Crippen LogP contribution in [0.3, 0.4) is 0 Å². The summed E-state index contributed by atoms with van der Waals surface area (Å²) in [7, 11) is 0. The first kappa shape index (κ1) is 11.9. The minimum Gasteiger partial charge on any atom is -0.296 e. The van der Waals surface area contributed by atoms with Gasteiger partial charge in [0.05, 0.1) is 6.07 Å². The van der Waals surface area contributed by atoms with Crippen molar-refractivity contribution in [3.8, 4) is 6.07 Å². The monoisotopic (exact) mass is 220 g/mol. The Morgan fingerprint density at radius 3 is 2.44 bits per heavy atom. The van der Waals surface area contributed by atoms with Gasteiger partial charge in [0.2, 0.25) is 0 Å². The van der Waals surface area contributed by atoms with Crippen LogP contribution in [-0.4, -0.2) is 11.6 Å². The van der Waals surface area contributed by atoms with E-state index in [1.165, 1.54) is 25.7 Å². The molecule has 2 fully saturated rings. The van der Waals surface area contributed by atoms with Crippen LogP contribution in [0.2, 0.25) is 0 Å². The zero-order chi connectivity index (χ0) is 11.8. The molecular formula is C14H24N2. The van der Waals surface area contributed by atoms with Gasteiger partial charge in [-0.1, -0.05) is 27.2 Å². The molecule has 3 unspecified atom stereocenters. The lowest BCUT2D eigenvalue weighted by Crippen LogP contribution is -2.55. The smallest absolute Gasteiger partial charge is 0.110 e. The van der Waals surface area contributed by atoms with E-state index in [2.05, 4.69) is 32.2 Å². The first-order chi connectivity index (χ1) is 7.57. The zero-order valence-electron chi connectivity index (χ0n) is 10.8. The third-order valence-electron chi connectivity index (χ3n) is 4.32. The third-order valence-corrected chi connectivity index (χ3v) is 4.32. The van der Waals surface area contributed by atoms with Crippen molar-refractivity contribution < 1.29 is 0 Å². The van der Waals surface area contributed by atoms with Gasteiger partial charge in [-0.15, -0.1) is 0 Å². The van der Waals surface area contributed by atoms with Gasteiger partial charge in [-0.3, -0.25) is 5.32 Å². The Morgan fingerprint density at radius 1 is 1.25 bits per heavy atom. The van der Waals surface area contributed by atoms with Gasteiger partial charge in [0.15, 0.2) is 0 Å². The maximum absolute atomic E-state index is 9.64. The Labute approximate surface area is 99.4 Å². The fraction of sp³-hybridized carbons (Fsp3) is 0.929. The molecule has 3 atom stereocenters. The summed E-state index contributed by atoms with van der Waals surface area (Å²) < 4.78 is 0. The van der Waals surface area contributed by atoms with Crippen molar-refractivity contribution in [1.29, 1.82) is 5.26 Å². The van der Waals surface area contributed by atoms with Crippen LogP contribution in [0, 0.1) is 29.1 Å². The van der Waals surface area contributed by atoms with Gasteiger partial charge in [-0.25, -0.2) is 0 Å². The van der Waals surface area contributed by atoms with Crippen molar-refractivity contribution in [3.05, 3.63) is 0 Å². The van der Waals surface area contributed by atoms with Crippen LogP contribution in [0.25, 0.3) is 0 Å². The first-order valence-electron chi connectivity index (χ1n) is 6.76. The number of rotatable bonds is 3. The largest absolute Gasteiger partial charge is 0.296 e. The first-order valence-corrected chi connectivity index (χ1v) is 6.76. The zero-order valence-corrected chi connectivity index (χ0v) is 10.8. The molecule has 2 saturated carbocycles. The minimum absolute atomic E-state index is 0.229. The Hall–Kier alpha value is -0.550. The predicted octanol–water partition coefficient (Wildman–Crippen LogP) is 3.09. The van der Waals surface area contributed by atoms with Crippen molar-refractivity contribution in [2.45, 2.75) is 64.5 Å². The summed E-state index contributed by atoms with van der Waals surface area (Å²) in [6.45, 7) is 6.82. The number of nitrogens with one attached hydrogen (secondary N) is 1. The minimum atomic E-state index is -0.229. The molecule has 2 nitrogen and oxygen atoms in total. The second-order valence-corrected chi connectivity index (χ2v) is 6.24. The van der Waals surface area contributed by atoms with Crippen LogP contribution in [0.1, 0.15) is 52.9 Å². The lowest BCUT2D eigenvalue weighted by Gasteiger charge is -2.44. The van der Waals surface area contributed by atoms with Crippen LogP contribution in [0.15, 0.2) is 0 Å². The second-order valence-electron chi connectivity index (χ2n) is 6.24. The van der Waals surface area contributed by atoms with E-state index in [1.807, 2.05) is 0 Å². The van der Waals surface area contributed by atoms with Gasteiger partial charge in [-0.2, -0.15) is 5.26 Å². The van der Waals surface area contributed by atoms with Gasteiger partial charge in [0.25, 0.3) is 0 Å². The lowest BCUT2D eigenvalue weighted by atomic mass is 9.65. The molecule has 0 amide bonds. The molecule has 2 heteroatoms. The molecule has 0 aromatic rings. The van der Waals surface area contributed by atoms with Crippen LogP contribution in [0.4, 0.5) is 0 Å². The van der Waals surface area contributed by atoms with Gasteiger partial charge in [0, 0.05) is 6.04 Å². The normalized spacial score (nSPS) is 39.7. The summed E-state index contributed by atoms with van der Waals surface area (Å²) in [4.78, 5) is 0. The molecule has 16 heavy (non-hydrogen) atoms. The van der Waals surface area contributed by atoms with E-state index in [1.54, 1.807) is 0 Å². The highest BCUT2D eigenvalue weighted by atomic mass is 15.0. The molecule has 0 aliphatic heterocycles. The summed E-state index contributed by atoms with van der Waals surface area (Å²) in [5.41, 5.74) is -0.229. The van der Waals surface area contributed by atoms with Gasteiger partial charge in [0.1, 0.15) is 5.54 Å². The highest BCUT2D eigenvalue weighted by Crippen LogP contribution is 2.42. The molecule has 0 spiro atoms. The molecule has 2 aliphatic rings. The maximum Gasteiger partial charge on any atom is 0.110 e. The van der Waals surface area contributed by atoms with Crippen LogP contribution < -0.4 is 5.32 Å².